The lowest BCUT2D eigenvalue weighted by Crippen LogP contribution is -2.20. The molecule has 128 valence electrons. The summed E-state index contributed by atoms with van der Waals surface area (Å²) < 4.78 is 15.2. The number of ketones is 1. The number of hydrogen-bond donors (Lipinski definition) is 0. The van der Waals surface area contributed by atoms with Gasteiger partial charge in [-0.25, -0.2) is 9.37 Å². The summed E-state index contributed by atoms with van der Waals surface area (Å²) in [5.74, 6) is -0.802. The number of Topliss-reactive ketones (excluding diaryl/α,β-unsaturated/α-hetero) is 1. The van der Waals surface area contributed by atoms with Gasteiger partial charge in [-0.3, -0.25) is 14.2 Å². The van der Waals surface area contributed by atoms with Crippen LogP contribution < -0.4 is 5.56 Å². The molecular formula is C18H15FN2O2S2. The Balaban J connectivity index is 1.64. The number of rotatable bonds is 4. The van der Waals surface area contributed by atoms with Crippen LogP contribution in [0.25, 0.3) is 10.2 Å². The minimum Gasteiger partial charge on any atom is -0.293 e. The molecule has 2 heterocycles. The molecule has 0 unspecified atom stereocenters. The number of thioether (sulfide) groups is 1. The van der Waals surface area contributed by atoms with E-state index in [4.69, 9.17) is 0 Å². The average Bonchev–Trinajstić information content (AvgIpc) is 3.17. The summed E-state index contributed by atoms with van der Waals surface area (Å²) in [6.45, 7) is 0. The molecule has 4 rings (SSSR count). The maximum Gasteiger partial charge on any atom is 0.262 e. The smallest absolute Gasteiger partial charge is 0.262 e. The molecule has 0 bridgehead atoms. The monoisotopic (exact) mass is 374 g/mol. The van der Waals surface area contributed by atoms with Crippen LogP contribution >= 0.6 is 23.1 Å². The van der Waals surface area contributed by atoms with Gasteiger partial charge in [-0.1, -0.05) is 23.9 Å². The Morgan fingerprint density at radius 2 is 2.16 bits per heavy atom. The summed E-state index contributed by atoms with van der Waals surface area (Å²) in [5.41, 5.74) is 1.15. The van der Waals surface area contributed by atoms with E-state index in [9.17, 15) is 14.0 Å². The molecule has 0 N–H and O–H groups in total. The van der Waals surface area contributed by atoms with Crippen LogP contribution in [-0.2, 0) is 19.9 Å². The first kappa shape index (κ1) is 16.5. The van der Waals surface area contributed by atoms with Crippen LogP contribution in [0.5, 0.6) is 0 Å². The van der Waals surface area contributed by atoms with Crippen LogP contribution in [0.15, 0.2) is 34.2 Å². The number of aryl methyl sites for hydroxylation is 2. The molecule has 1 aliphatic rings. The van der Waals surface area contributed by atoms with Crippen LogP contribution in [0, 0.1) is 5.82 Å². The SMILES string of the molecule is Cn1c(SCC(=O)c2ccccc2F)nc2sc3c(c2c1=O)CCC3. The third kappa shape index (κ3) is 2.81. The van der Waals surface area contributed by atoms with Gasteiger partial charge < -0.3 is 0 Å². The lowest BCUT2D eigenvalue weighted by molar-refractivity contribution is 0.101. The molecule has 0 spiro atoms. The van der Waals surface area contributed by atoms with E-state index in [2.05, 4.69) is 4.98 Å². The average molecular weight is 374 g/mol. The van der Waals surface area contributed by atoms with Gasteiger partial charge in [0.25, 0.3) is 5.56 Å². The largest absolute Gasteiger partial charge is 0.293 e. The summed E-state index contributed by atoms with van der Waals surface area (Å²) in [7, 11) is 1.67. The fourth-order valence-corrected chi connectivity index (χ4v) is 5.29. The highest BCUT2D eigenvalue weighted by molar-refractivity contribution is 7.99. The minimum atomic E-state index is -0.528. The summed E-state index contributed by atoms with van der Waals surface area (Å²) >= 11 is 2.74. The van der Waals surface area contributed by atoms with Gasteiger partial charge in [0.15, 0.2) is 10.9 Å². The van der Waals surface area contributed by atoms with Gasteiger partial charge in [-0.15, -0.1) is 11.3 Å². The lowest BCUT2D eigenvalue weighted by atomic mass is 10.1. The van der Waals surface area contributed by atoms with Gasteiger partial charge in [0, 0.05) is 11.9 Å². The van der Waals surface area contributed by atoms with E-state index in [0.717, 1.165) is 35.0 Å². The van der Waals surface area contributed by atoms with E-state index in [1.165, 1.54) is 33.3 Å². The number of carbonyl (C=O) groups is 1. The molecule has 0 radical (unpaired) electrons. The third-order valence-corrected chi connectivity index (χ3v) is 6.63. The first-order valence-corrected chi connectivity index (χ1v) is 9.78. The molecule has 1 aliphatic carbocycles. The van der Waals surface area contributed by atoms with Crippen molar-refractivity contribution in [1.82, 2.24) is 9.55 Å². The van der Waals surface area contributed by atoms with Gasteiger partial charge in [0.05, 0.1) is 16.7 Å². The van der Waals surface area contributed by atoms with Crippen molar-refractivity contribution in [1.29, 1.82) is 0 Å². The van der Waals surface area contributed by atoms with Crippen LogP contribution in [0.4, 0.5) is 4.39 Å². The lowest BCUT2D eigenvalue weighted by Gasteiger charge is -2.07. The highest BCUT2D eigenvalue weighted by Gasteiger charge is 2.23. The van der Waals surface area contributed by atoms with Gasteiger partial charge in [0.2, 0.25) is 0 Å². The predicted octanol–water partition coefficient (Wildman–Crippen LogP) is 3.60. The zero-order valence-electron chi connectivity index (χ0n) is 13.5. The molecule has 0 saturated carbocycles. The fraction of sp³-hybridized carbons (Fsp3) is 0.278. The molecule has 4 nitrogen and oxygen atoms in total. The van der Waals surface area contributed by atoms with Crippen LogP contribution in [0.1, 0.15) is 27.2 Å². The van der Waals surface area contributed by atoms with E-state index in [0.29, 0.717) is 5.16 Å². The van der Waals surface area contributed by atoms with Crippen molar-refractivity contribution < 1.29 is 9.18 Å². The van der Waals surface area contributed by atoms with Gasteiger partial charge >= 0.3 is 0 Å². The van der Waals surface area contributed by atoms with Crippen molar-refractivity contribution in [2.45, 2.75) is 24.4 Å². The molecule has 0 aliphatic heterocycles. The van der Waals surface area contributed by atoms with Gasteiger partial charge in [-0.2, -0.15) is 0 Å². The van der Waals surface area contributed by atoms with Crippen molar-refractivity contribution >= 4 is 39.1 Å². The van der Waals surface area contributed by atoms with Crippen molar-refractivity contribution in [2.24, 2.45) is 7.05 Å². The topological polar surface area (TPSA) is 52.0 Å². The Kier molecular flexibility index (Phi) is 4.21. The number of carbonyl (C=O) groups excluding carboxylic acids is 1. The highest BCUT2D eigenvalue weighted by Crippen LogP contribution is 2.35. The Morgan fingerprint density at radius 1 is 1.36 bits per heavy atom. The Labute approximate surface area is 151 Å². The molecule has 7 heteroatoms. The maximum absolute atomic E-state index is 13.7. The Morgan fingerprint density at radius 3 is 2.96 bits per heavy atom. The van der Waals surface area contributed by atoms with E-state index in [1.807, 2.05) is 0 Å². The maximum atomic E-state index is 13.7. The predicted molar refractivity (Wildman–Crippen MR) is 98.3 cm³/mol. The Bertz CT molecular complexity index is 1060. The molecular weight excluding hydrogens is 359 g/mol. The van der Waals surface area contributed by atoms with Crippen molar-refractivity contribution in [3.63, 3.8) is 0 Å². The van der Waals surface area contributed by atoms with Crippen LogP contribution in [0.3, 0.4) is 0 Å². The normalized spacial score (nSPS) is 13.4. The second kappa shape index (κ2) is 6.38. The summed E-state index contributed by atoms with van der Waals surface area (Å²) in [6, 6.07) is 5.92. The van der Waals surface area contributed by atoms with E-state index in [-0.39, 0.29) is 22.7 Å². The summed E-state index contributed by atoms with van der Waals surface area (Å²) in [5, 5.41) is 1.21. The number of thiophene rings is 1. The zero-order valence-corrected chi connectivity index (χ0v) is 15.2. The first-order chi connectivity index (χ1) is 12.1. The standard InChI is InChI=1S/C18H15FN2O2S2/c1-21-17(23)15-11-6-4-8-14(11)25-16(15)20-18(21)24-9-13(22)10-5-2-3-7-12(10)19/h2-3,5,7H,4,6,8-9H2,1H3. The number of benzene rings is 1. The summed E-state index contributed by atoms with van der Waals surface area (Å²) in [4.78, 5) is 31.5. The second-order valence-electron chi connectivity index (χ2n) is 5.99. The third-order valence-electron chi connectivity index (χ3n) is 4.41. The van der Waals surface area contributed by atoms with Gasteiger partial charge in [-0.05, 0) is 37.0 Å². The molecule has 0 atom stereocenters. The molecule has 0 fully saturated rings. The fourth-order valence-electron chi connectivity index (χ4n) is 3.13. The van der Waals surface area contributed by atoms with Crippen LogP contribution in [0.2, 0.25) is 0 Å². The molecule has 0 saturated heterocycles. The van der Waals surface area contributed by atoms with Gasteiger partial charge in [0.1, 0.15) is 10.6 Å². The van der Waals surface area contributed by atoms with Crippen molar-refractivity contribution in [3.05, 3.63) is 56.4 Å². The highest BCUT2D eigenvalue weighted by atomic mass is 32.2. The van der Waals surface area contributed by atoms with Crippen molar-refractivity contribution in [2.75, 3.05) is 5.75 Å². The van der Waals surface area contributed by atoms with E-state index in [1.54, 1.807) is 30.5 Å². The molecule has 25 heavy (non-hydrogen) atoms. The van der Waals surface area contributed by atoms with Crippen molar-refractivity contribution in [3.8, 4) is 0 Å². The van der Waals surface area contributed by atoms with E-state index >= 15 is 0 Å². The second-order valence-corrected chi connectivity index (χ2v) is 8.01. The molecule has 0 amide bonds. The zero-order chi connectivity index (χ0) is 17.6. The minimum absolute atomic E-state index is 0.0395. The quantitative estimate of drug-likeness (QED) is 0.398. The number of hydrogen-bond acceptors (Lipinski definition) is 5. The Hall–Kier alpha value is -1.99. The van der Waals surface area contributed by atoms with Crippen LogP contribution in [-0.4, -0.2) is 21.1 Å². The number of halogens is 1. The molecule has 1 aromatic carbocycles. The number of fused-ring (bicyclic) bond motifs is 3. The number of aromatic nitrogens is 2. The summed E-state index contributed by atoms with van der Waals surface area (Å²) in [6.07, 6.45) is 3.03. The molecule has 3 aromatic rings. The first-order valence-electron chi connectivity index (χ1n) is 7.98. The molecule has 2 aromatic heterocycles. The number of nitrogens with zero attached hydrogens (tertiary/aromatic N) is 2. The van der Waals surface area contributed by atoms with E-state index < -0.39 is 5.82 Å².